The van der Waals surface area contributed by atoms with E-state index in [1.54, 1.807) is 0 Å². The first-order valence-electron chi connectivity index (χ1n) is 7.88. The maximum absolute atomic E-state index is 12.5. The Kier molecular flexibility index (Phi) is 5.06. The molecule has 5 heteroatoms. The number of unbranched alkanes of at least 4 members (excludes halogenated alkanes) is 1. The number of nitrogens with one attached hydrogen (secondary N) is 1. The second kappa shape index (κ2) is 6.65. The van der Waals surface area contributed by atoms with Crippen molar-refractivity contribution >= 4 is 33.1 Å². The van der Waals surface area contributed by atoms with Gasteiger partial charge in [0.25, 0.3) is 5.91 Å². The topological polar surface area (TPSA) is 68.0 Å². The summed E-state index contributed by atoms with van der Waals surface area (Å²) in [4.78, 5) is 18.5. The normalized spacial score (nSPS) is 11.8. The number of aryl methyl sites for hydroxylation is 1. The molecular formula is C17H25N3OS. The number of amides is 1. The van der Waals surface area contributed by atoms with Crippen molar-refractivity contribution in [3.05, 3.63) is 22.7 Å². The van der Waals surface area contributed by atoms with E-state index in [1.807, 2.05) is 26.0 Å². The molecule has 0 bridgehead atoms. The van der Waals surface area contributed by atoms with Crippen LogP contribution in [0.2, 0.25) is 0 Å². The van der Waals surface area contributed by atoms with Crippen molar-refractivity contribution < 1.29 is 4.79 Å². The fourth-order valence-electron chi connectivity index (χ4n) is 2.15. The van der Waals surface area contributed by atoms with Gasteiger partial charge in [-0.15, -0.1) is 11.3 Å². The summed E-state index contributed by atoms with van der Waals surface area (Å²) in [6.45, 7) is 8.24. The molecule has 22 heavy (non-hydrogen) atoms. The first kappa shape index (κ1) is 16.7. The summed E-state index contributed by atoms with van der Waals surface area (Å²) in [6.07, 6.45) is 4.10. The van der Waals surface area contributed by atoms with Crippen LogP contribution in [0.25, 0.3) is 10.2 Å². The maximum atomic E-state index is 12.5. The molecule has 0 aliphatic carbocycles. The van der Waals surface area contributed by atoms with Gasteiger partial charge >= 0.3 is 0 Å². The molecule has 4 nitrogen and oxygen atoms in total. The molecule has 0 saturated carbocycles. The summed E-state index contributed by atoms with van der Waals surface area (Å²) in [7, 11) is 0. The zero-order valence-corrected chi connectivity index (χ0v) is 14.6. The van der Waals surface area contributed by atoms with Gasteiger partial charge in [-0.1, -0.05) is 20.3 Å². The third-order valence-electron chi connectivity index (χ3n) is 3.98. The van der Waals surface area contributed by atoms with Crippen LogP contribution < -0.4 is 11.1 Å². The zero-order chi connectivity index (χ0) is 16.3. The average molecular weight is 319 g/mol. The number of anilines is 1. The largest absolute Gasteiger partial charge is 0.397 e. The van der Waals surface area contributed by atoms with E-state index < -0.39 is 0 Å². The molecule has 0 aromatic carbocycles. The highest BCUT2D eigenvalue weighted by molar-refractivity contribution is 7.21. The first-order valence-corrected chi connectivity index (χ1v) is 8.70. The lowest BCUT2D eigenvalue weighted by Gasteiger charge is -2.24. The maximum Gasteiger partial charge on any atom is 0.263 e. The summed E-state index contributed by atoms with van der Waals surface area (Å²) in [5.41, 5.74) is 7.53. The van der Waals surface area contributed by atoms with Gasteiger partial charge in [-0.2, -0.15) is 0 Å². The van der Waals surface area contributed by atoms with Crippen LogP contribution in [0.3, 0.4) is 0 Å². The molecule has 0 atom stereocenters. The van der Waals surface area contributed by atoms with Crippen molar-refractivity contribution in [2.75, 3.05) is 5.73 Å². The number of carbonyl (C=O) groups is 1. The number of nitrogen functional groups attached to an aromatic ring is 1. The van der Waals surface area contributed by atoms with Gasteiger partial charge in [0.15, 0.2) is 0 Å². The summed E-state index contributed by atoms with van der Waals surface area (Å²) in [5.74, 6) is -0.109. The van der Waals surface area contributed by atoms with Crippen molar-refractivity contribution in [2.45, 2.75) is 58.9 Å². The Labute approximate surface area is 136 Å². The predicted octanol–water partition coefficient (Wildman–Crippen LogP) is 4.14. The highest BCUT2D eigenvalue weighted by Crippen LogP contribution is 2.33. The Bertz CT molecular complexity index is 676. The molecule has 2 heterocycles. The molecule has 2 aromatic rings. The third-order valence-corrected chi connectivity index (χ3v) is 5.09. The van der Waals surface area contributed by atoms with Crippen LogP contribution in [-0.4, -0.2) is 16.4 Å². The van der Waals surface area contributed by atoms with Crippen LogP contribution in [-0.2, 0) is 6.42 Å². The van der Waals surface area contributed by atoms with Crippen molar-refractivity contribution in [1.29, 1.82) is 0 Å². The number of nitrogens with zero attached hydrogens (tertiary/aromatic N) is 1. The van der Waals surface area contributed by atoms with Crippen LogP contribution in [0.4, 0.5) is 5.69 Å². The van der Waals surface area contributed by atoms with Gasteiger partial charge in [-0.05, 0) is 45.2 Å². The first-order chi connectivity index (χ1) is 10.4. The molecule has 0 saturated heterocycles. The molecule has 3 N–H and O–H groups in total. The quantitative estimate of drug-likeness (QED) is 0.841. The Morgan fingerprint density at radius 3 is 2.73 bits per heavy atom. The van der Waals surface area contributed by atoms with E-state index in [4.69, 9.17) is 5.73 Å². The summed E-state index contributed by atoms with van der Waals surface area (Å²) >= 11 is 1.38. The Hall–Kier alpha value is -1.62. The fraction of sp³-hybridized carbons (Fsp3) is 0.529. The number of rotatable bonds is 6. The summed E-state index contributed by atoms with van der Waals surface area (Å²) in [6, 6.07) is 4.00. The number of fused-ring (bicyclic) bond motifs is 1. The van der Waals surface area contributed by atoms with E-state index in [0.717, 1.165) is 41.6 Å². The molecule has 0 radical (unpaired) electrons. The number of hydrogen-bond acceptors (Lipinski definition) is 4. The van der Waals surface area contributed by atoms with Crippen molar-refractivity contribution in [1.82, 2.24) is 10.3 Å². The highest BCUT2D eigenvalue weighted by atomic mass is 32.1. The van der Waals surface area contributed by atoms with Crippen LogP contribution in [0, 0.1) is 0 Å². The molecule has 2 rings (SSSR count). The number of nitrogens with two attached hydrogens (primary N) is 1. The molecule has 0 aliphatic rings. The molecule has 0 unspecified atom stereocenters. The fourth-order valence-corrected chi connectivity index (χ4v) is 3.16. The lowest BCUT2D eigenvalue weighted by Crippen LogP contribution is -2.42. The average Bonchev–Trinajstić information content (AvgIpc) is 2.81. The summed E-state index contributed by atoms with van der Waals surface area (Å²) < 4.78 is 0. The van der Waals surface area contributed by atoms with E-state index in [1.165, 1.54) is 11.3 Å². The lowest BCUT2D eigenvalue weighted by molar-refractivity contribution is 0.0916. The Morgan fingerprint density at radius 1 is 1.36 bits per heavy atom. The monoisotopic (exact) mass is 319 g/mol. The van der Waals surface area contributed by atoms with E-state index in [2.05, 4.69) is 24.1 Å². The van der Waals surface area contributed by atoms with Crippen molar-refractivity contribution in [3.63, 3.8) is 0 Å². The van der Waals surface area contributed by atoms with Crippen molar-refractivity contribution in [3.8, 4) is 0 Å². The van der Waals surface area contributed by atoms with Gasteiger partial charge in [0.05, 0.1) is 5.69 Å². The lowest BCUT2D eigenvalue weighted by atomic mass is 10.0. The third kappa shape index (κ3) is 3.58. The van der Waals surface area contributed by atoms with Gasteiger partial charge in [-0.25, -0.2) is 4.98 Å². The van der Waals surface area contributed by atoms with E-state index in [9.17, 15) is 4.79 Å². The smallest absolute Gasteiger partial charge is 0.263 e. The second-order valence-corrected chi connectivity index (χ2v) is 7.29. The molecular weight excluding hydrogens is 294 g/mol. The predicted molar refractivity (Wildman–Crippen MR) is 94.5 cm³/mol. The minimum atomic E-state index is -0.237. The van der Waals surface area contributed by atoms with Gasteiger partial charge in [0.1, 0.15) is 9.71 Å². The van der Waals surface area contributed by atoms with Crippen LogP contribution in [0.5, 0.6) is 0 Å². The number of hydrogen-bond donors (Lipinski definition) is 2. The van der Waals surface area contributed by atoms with E-state index >= 15 is 0 Å². The number of carbonyl (C=O) groups excluding carboxylic acids is 1. The van der Waals surface area contributed by atoms with Crippen LogP contribution >= 0.6 is 11.3 Å². The minimum Gasteiger partial charge on any atom is -0.397 e. The van der Waals surface area contributed by atoms with Crippen molar-refractivity contribution in [2.24, 2.45) is 0 Å². The summed E-state index contributed by atoms with van der Waals surface area (Å²) in [5, 5.41) is 3.92. The SMILES string of the molecule is CCCCc1ccc2c(N)c(C(=O)NC(C)(C)CC)sc2n1. The van der Waals surface area contributed by atoms with Gasteiger partial charge in [0.2, 0.25) is 0 Å². The number of aromatic nitrogens is 1. The van der Waals surface area contributed by atoms with Gasteiger partial charge in [-0.3, -0.25) is 4.79 Å². The molecule has 0 aliphatic heterocycles. The van der Waals surface area contributed by atoms with Crippen LogP contribution in [0.1, 0.15) is 62.3 Å². The van der Waals surface area contributed by atoms with Gasteiger partial charge in [0, 0.05) is 16.6 Å². The number of thiophene rings is 1. The second-order valence-electron chi connectivity index (χ2n) is 6.30. The molecule has 1 amide bonds. The number of pyridine rings is 1. The molecule has 120 valence electrons. The van der Waals surface area contributed by atoms with E-state index in [0.29, 0.717) is 10.6 Å². The standard InChI is InChI=1S/C17H25N3OS/c1-5-7-8-11-9-10-12-13(18)14(22-16(12)19-11)15(21)20-17(3,4)6-2/h9-10H,5-8,18H2,1-4H3,(H,20,21). The zero-order valence-electron chi connectivity index (χ0n) is 13.8. The Balaban J connectivity index is 2.31. The molecule has 2 aromatic heterocycles. The van der Waals surface area contributed by atoms with Gasteiger partial charge < -0.3 is 11.1 Å². The molecule has 0 spiro atoms. The van der Waals surface area contributed by atoms with E-state index in [-0.39, 0.29) is 11.4 Å². The molecule has 0 fully saturated rings. The van der Waals surface area contributed by atoms with Crippen LogP contribution in [0.15, 0.2) is 12.1 Å². The highest BCUT2D eigenvalue weighted by Gasteiger charge is 2.23. The minimum absolute atomic E-state index is 0.109. The Morgan fingerprint density at radius 2 is 2.09 bits per heavy atom.